The maximum atomic E-state index is 5.97. The summed E-state index contributed by atoms with van der Waals surface area (Å²) < 4.78 is 1.82. The fraction of sp³-hybridized carbons (Fsp3) is 0.417. The molecule has 0 unspecified atom stereocenters. The fourth-order valence-electron chi connectivity index (χ4n) is 1.65. The number of anilines is 1. The molecular weight excluding hydrogens is 250 g/mol. The molecule has 0 atom stereocenters. The number of rotatable bonds is 5. The third-order valence-corrected chi connectivity index (χ3v) is 2.78. The Morgan fingerprint density at radius 2 is 2.22 bits per heavy atom. The second kappa shape index (κ2) is 5.82. The van der Waals surface area contributed by atoms with Gasteiger partial charge in [0.25, 0.3) is 0 Å². The lowest BCUT2D eigenvalue weighted by molar-refractivity contribution is 0.719. The minimum Gasteiger partial charge on any atom is -0.364 e. The number of aromatic nitrogens is 4. The highest BCUT2D eigenvalue weighted by Crippen LogP contribution is 2.13. The molecule has 0 aromatic carbocycles. The van der Waals surface area contributed by atoms with Crippen molar-refractivity contribution in [2.24, 2.45) is 7.05 Å². The van der Waals surface area contributed by atoms with Gasteiger partial charge in [0.1, 0.15) is 16.8 Å². The van der Waals surface area contributed by atoms with Gasteiger partial charge in [-0.3, -0.25) is 4.68 Å². The van der Waals surface area contributed by atoms with Crippen LogP contribution in [0, 0.1) is 0 Å². The van der Waals surface area contributed by atoms with Crippen LogP contribution >= 0.6 is 11.6 Å². The van der Waals surface area contributed by atoms with Crippen molar-refractivity contribution in [3.05, 3.63) is 35.0 Å². The minimum absolute atomic E-state index is 0.473. The van der Waals surface area contributed by atoms with E-state index in [-0.39, 0.29) is 0 Å². The Balaban J connectivity index is 2.07. The highest BCUT2D eigenvalue weighted by Gasteiger charge is 2.04. The van der Waals surface area contributed by atoms with Crippen LogP contribution in [0.25, 0.3) is 0 Å². The summed E-state index contributed by atoms with van der Waals surface area (Å²) in [5.41, 5.74) is 1.08. The Kier molecular flexibility index (Phi) is 4.15. The summed E-state index contributed by atoms with van der Waals surface area (Å²) in [7, 11) is 1.91. The van der Waals surface area contributed by atoms with Crippen molar-refractivity contribution in [2.45, 2.75) is 26.3 Å². The van der Waals surface area contributed by atoms with Crippen LogP contribution in [0.15, 0.2) is 18.3 Å². The van der Waals surface area contributed by atoms with Gasteiger partial charge in [-0.15, -0.1) is 0 Å². The number of hydrogen-bond acceptors (Lipinski definition) is 4. The van der Waals surface area contributed by atoms with Crippen molar-refractivity contribution < 1.29 is 0 Å². The van der Waals surface area contributed by atoms with Crippen LogP contribution in [0.2, 0.25) is 5.15 Å². The highest BCUT2D eigenvalue weighted by molar-refractivity contribution is 6.29. The molecule has 0 fully saturated rings. The molecule has 0 aliphatic rings. The monoisotopic (exact) mass is 265 g/mol. The summed E-state index contributed by atoms with van der Waals surface area (Å²) in [6, 6.07) is 3.69. The zero-order chi connectivity index (χ0) is 13.0. The van der Waals surface area contributed by atoms with Gasteiger partial charge >= 0.3 is 0 Å². The molecule has 0 saturated carbocycles. The van der Waals surface area contributed by atoms with Gasteiger partial charge in [-0.2, -0.15) is 5.10 Å². The summed E-state index contributed by atoms with van der Waals surface area (Å²) in [6.07, 6.45) is 3.61. The molecule has 6 heteroatoms. The molecule has 0 aliphatic heterocycles. The predicted molar refractivity (Wildman–Crippen MR) is 71.6 cm³/mol. The summed E-state index contributed by atoms with van der Waals surface area (Å²) in [6.45, 7) is 2.75. The second-order valence-electron chi connectivity index (χ2n) is 4.04. The van der Waals surface area contributed by atoms with Crippen molar-refractivity contribution >= 4 is 17.4 Å². The van der Waals surface area contributed by atoms with E-state index in [1.807, 2.05) is 17.8 Å². The lowest BCUT2D eigenvalue weighted by Gasteiger charge is -2.07. The minimum atomic E-state index is 0.473. The lowest BCUT2D eigenvalue weighted by Crippen LogP contribution is -2.08. The Labute approximate surface area is 111 Å². The molecule has 2 heterocycles. The van der Waals surface area contributed by atoms with Crippen LogP contribution in [-0.4, -0.2) is 19.7 Å². The standard InChI is InChI=1S/C12H16ClN5/c1-3-4-11-16-10(13)7-12(17-11)14-8-9-5-6-15-18(9)2/h5-7H,3-4,8H2,1-2H3,(H,14,16,17). The van der Waals surface area contributed by atoms with Crippen LogP contribution in [0.5, 0.6) is 0 Å². The van der Waals surface area contributed by atoms with E-state index >= 15 is 0 Å². The first kappa shape index (κ1) is 12.8. The first-order chi connectivity index (χ1) is 8.69. The van der Waals surface area contributed by atoms with Gasteiger partial charge in [0.2, 0.25) is 0 Å². The quantitative estimate of drug-likeness (QED) is 0.844. The molecule has 0 aliphatic carbocycles. The zero-order valence-corrected chi connectivity index (χ0v) is 11.3. The molecule has 0 bridgehead atoms. The maximum Gasteiger partial charge on any atom is 0.134 e. The van der Waals surface area contributed by atoms with Crippen molar-refractivity contribution in [3.8, 4) is 0 Å². The number of aryl methyl sites for hydroxylation is 2. The topological polar surface area (TPSA) is 55.6 Å². The summed E-state index contributed by atoms with van der Waals surface area (Å²) in [5.74, 6) is 1.53. The molecule has 0 saturated heterocycles. The molecule has 2 aromatic heterocycles. The molecule has 2 aromatic rings. The van der Waals surface area contributed by atoms with Crippen LogP contribution in [0.3, 0.4) is 0 Å². The van der Waals surface area contributed by atoms with Crippen molar-refractivity contribution in [3.63, 3.8) is 0 Å². The fourth-order valence-corrected chi connectivity index (χ4v) is 1.85. The van der Waals surface area contributed by atoms with Gasteiger partial charge in [0, 0.05) is 25.7 Å². The van der Waals surface area contributed by atoms with Crippen LogP contribution in [0.4, 0.5) is 5.82 Å². The third-order valence-electron chi connectivity index (χ3n) is 2.59. The Bertz CT molecular complexity index is 523. The largest absolute Gasteiger partial charge is 0.364 e. The van der Waals surface area contributed by atoms with Crippen molar-refractivity contribution in [2.75, 3.05) is 5.32 Å². The van der Waals surface area contributed by atoms with Gasteiger partial charge < -0.3 is 5.32 Å². The van der Waals surface area contributed by atoms with Gasteiger partial charge in [0.15, 0.2) is 0 Å². The van der Waals surface area contributed by atoms with Gasteiger partial charge in [-0.05, 0) is 12.5 Å². The summed E-state index contributed by atoms with van der Waals surface area (Å²) in [4.78, 5) is 8.60. The van der Waals surface area contributed by atoms with E-state index in [0.717, 1.165) is 30.2 Å². The van der Waals surface area contributed by atoms with E-state index in [1.54, 1.807) is 12.3 Å². The van der Waals surface area contributed by atoms with E-state index in [2.05, 4.69) is 27.3 Å². The van der Waals surface area contributed by atoms with Crippen LogP contribution in [-0.2, 0) is 20.0 Å². The first-order valence-electron chi connectivity index (χ1n) is 5.93. The first-order valence-corrected chi connectivity index (χ1v) is 6.31. The molecule has 5 nitrogen and oxygen atoms in total. The van der Waals surface area contributed by atoms with Gasteiger partial charge in [-0.1, -0.05) is 18.5 Å². The van der Waals surface area contributed by atoms with E-state index in [9.17, 15) is 0 Å². The third kappa shape index (κ3) is 3.20. The normalized spacial score (nSPS) is 10.6. The van der Waals surface area contributed by atoms with Crippen LogP contribution in [0.1, 0.15) is 24.9 Å². The number of hydrogen-bond donors (Lipinski definition) is 1. The molecule has 0 amide bonds. The molecular formula is C12H16ClN5. The Hall–Kier alpha value is -1.62. The summed E-state index contributed by atoms with van der Waals surface area (Å²) >= 11 is 5.97. The van der Waals surface area contributed by atoms with Crippen molar-refractivity contribution in [1.82, 2.24) is 19.7 Å². The Morgan fingerprint density at radius 1 is 1.39 bits per heavy atom. The molecule has 2 rings (SSSR count). The molecule has 1 N–H and O–H groups in total. The predicted octanol–water partition coefficient (Wildman–Crippen LogP) is 2.43. The molecule has 0 spiro atoms. The summed E-state index contributed by atoms with van der Waals surface area (Å²) in [5, 5.41) is 7.82. The number of nitrogens with one attached hydrogen (secondary N) is 1. The number of nitrogens with zero attached hydrogens (tertiary/aromatic N) is 4. The van der Waals surface area contributed by atoms with Crippen LogP contribution < -0.4 is 5.32 Å². The molecule has 0 radical (unpaired) electrons. The Morgan fingerprint density at radius 3 is 2.89 bits per heavy atom. The van der Waals surface area contributed by atoms with E-state index in [0.29, 0.717) is 11.7 Å². The van der Waals surface area contributed by atoms with Gasteiger partial charge in [-0.25, -0.2) is 9.97 Å². The van der Waals surface area contributed by atoms with Crippen molar-refractivity contribution in [1.29, 1.82) is 0 Å². The van der Waals surface area contributed by atoms with E-state index < -0.39 is 0 Å². The zero-order valence-electron chi connectivity index (χ0n) is 10.5. The SMILES string of the molecule is CCCc1nc(Cl)cc(NCc2ccnn2C)n1. The maximum absolute atomic E-state index is 5.97. The second-order valence-corrected chi connectivity index (χ2v) is 4.43. The van der Waals surface area contributed by atoms with E-state index in [4.69, 9.17) is 11.6 Å². The smallest absolute Gasteiger partial charge is 0.134 e. The molecule has 18 heavy (non-hydrogen) atoms. The van der Waals surface area contributed by atoms with E-state index in [1.165, 1.54) is 0 Å². The van der Waals surface area contributed by atoms with Gasteiger partial charge in [0.05, 0.1) is 12.2 Å². The average Bonchev–Trinajstić information content (AvgIpc) is 2.72. The highest BCUT2D eigenvalue weighted by atomic mass is 35.5. The average molecular weight is 266 g/mol. The molecule has 96 valence electrons. The number of halogens is 1. The lowest BCUT2D eigenvalue weighted by atomic mass is 10.3.